The molecule has 0 atom stereocenters. The fourth-order valence-electron chi connectivity index (χ4n) is 2.81. The van der Waals surface area contributed by atoms with Gasteiger partial charge < -0.3 is 10.2 Å². The third-order valence-corrected chi connectivity index (χ3v) is 4.29. The van der Waals surface area contributed by atoms with Crippen molar-refractivity contribution in [3.8, 4) is 0 Å². The zero-order chi connectivity index (χ0) is 16.9. The van der Waals surface area contributed by atoms with Crippen molar-refractivity contribution in [3.63, 3.8) is 0 Å². The Morgan fingerprint density at radius 3 is 2.00 bits per heavy atom. The number of unbranched alkanes of at least 4 members (excludes halogenated alkanes) is 6. The van der Waals surface area contributed by atoms with Gasteiger partial charge in [-0.2, -0.15) is 0 Å². The van der Waals surface area contributed by atoms with E-state index in [2.05, 4.69) is 43.1 Å². The second kappa shape index (κ2) is 12.0. The lowest BCUT2D eigenvalue weighted by molar-refractivity contribution is -0.116. The lowest BCUT2D eigenvalue weighted by atomic mass is 10.1. The molecule has 0 aliphatic rings. The predicted octanol–water partition coefficient (Wildman–Crippen LogP) is 5.61. The molecule has 1 rings (SSSR count). The molecule has 1 N–H and O–H groups in total. The topological polar surface area (TPSA) is 32.3 Å². The molecule has 0 saturated heterocycles. The molecule has 0 spiro atoms. The summed E-state index contributed by atoms with van der Waals surface area (Å²) in [4.78, 5) is 14.3. The van der Waals surface area contributed by atoms with Crippen molar-refractivity contribution in [2.45, 2.75) is 72.1 Å². The predicted molar refractivity (Wildman–Crippen MR) is 101 cm³/mol. The first kappa shape index (κ1) is 19.5. The molecule has 0 heterocycles. The molecule has 3 heteroatoms. The molecule has 0 saturated carbocycles. The number of rotatable bonds is 12. The summed E-state index contributed by atoms with van der Waals surface area (Å²) in [5.41, 5.74) is 2.11. The average Bonchev–Trinajstić information content (AvgIpc) is 2.56. The van der Waals surface area contributed by atoms with Crippen molar-refractivity contribution in [1.29, 1.82) is 0 Å². The Morgan fingerprint density at radius 2 is 1.43 bits per heavy atom. The number of anilines is 2. The molecule has 0 bridgehead atoms. The van der Waals surface area contributed by atoms with Gasteiger partial charge in [0.05, 0.1) is 0 Å². The molecular weight excluding hydrogens is 284 g/mol. The summed E-state index contributed by atoms with van der Waals surface area (Å²) in [5, 5.41) is 3.00. The second-order valence-corrected chi connectivity index (χ2v) is 6.14. The highest BCUT2D eigenvalue weighted by Crippen LogP contribution is 2.18. The van der Waals surface area contributed by atoms with Gasteiger partial charge in [-0.1, -0.05) is 45.4 Å². The monoisotopic (exact) mass is 318 g/mol. The number of carbonyl (C=O) groups is 1. The van der Waals surface area contributed by atoms with E-state index in [-0.39, 0.29) is 5.91 Å². The third kappa shape index (κ3) is 8.06. The fourth-order valence-corrected chi connectivity index (χ4v) is 2.81. The summed E-state index contributed by atoms with van der Waals surface area (Å²) in [6.07, 6.45) is 9.31. The van der Waals surface area contributed by atoms with Crippen molar-refractivity contribution in [2.24, 2.45) is 0 Å². The van der Waals surface area contributed by atoms with E-state index in [0.29, 0.717) is 6.42 Å². The van der Waals surface area contributed by atoms with Crippen LogP contribution in [0.3, 0.4) is 0 Å². The van der Waals surface area contributed by atoms with Gasteiger partial charge in [0.2, 0.25) is 5.91 Å². The van der Waals surface area contributed by atoms with Gasteiger partial charge in [0, 0.05) is 30.9 Å². The van der Waals surface area contributed by atoms with Crippen LogP contribution in [-0.2, 0) is 4.79 Å². The minimum absolute atomic E-state index is 0.133. The zero-order valence-corrected chi connectivity index (χ0v) is 15.2. The highest BCUT2D eigenvalue weighted by molar-refractivity contribution is 5.90. The Labute approximate surface area is 142 Å². The normalized spacial score (nSPS) is 10.6. The molecular formula is C20H34N2O. The summed E-state index contributed by atoms with van der Waals surface area (Å²) >= 11 is 0. The van der Waals surface area contributed by atoms with Crippen LogP contribution in [0.4, 0.5) is 11.4 Å². The van der Waals surface area contributed by atoms with Crippen LogP contribution in [0, 0.1) is 0 Å². The van der Waals surface area contributed by atoms with E-state index in [1.165, 1.54) is 37.8 Å². The van der Waals surface area contributed by atoms with Gasteiger partial charge >= 0.3 is 0 Å². The van der Waals surface area contributed by atoms with Crippen molar-refractivity contribution in [2.75, 3.05) is 23.3 Å². The van der Waals surface area contributed by atoms with Crippen LogP contribution in [0.15, 0.2) is 24.3 Å². The highest BCUT2D eigenvalue weighted by Gasteiger charge is 2.04. The number of hydrogen-bond donors (Lipinski definition) is 1. The molecule has 0 aliphatic heterocycles. The standard InChI is InChI=1S/C20H34N2O/c1-4-7-8-9-10-11-12-13-20(23)21-18-14-16-19(17-15-18)22(5-2)6-3/h14-17H,4-13H2,1-3H3,(H,21,23). The van der Waals surface area contributed by atoms with E-state index < -0.39 is 0 Å². The van der Waals surface area contributed by atoms with Gasteiger partial charge in [0.25, 0.3) is 0 Å². The zero-order valence-electron chi connectivity index (χ0n) is 15.2. The number of benzene rings is 1. The maximum atomic E-state index is 12.0. The van der Waals surface area contributed by atoms with E-state index in [1.54, 1.807) is 0 Å². The first-order valence-corrected chi connectivity index (χ1v) is 9.36. The van der Waals surface area contributed by atoms with Gasteiger partial charge in [-0.3, -0.25) is 4.79 Å². The van der Waals surface area contributed by atoms with Crippen LogP contribution in [0.25, 0.3) is 0 Å². The SMILES string of the molecule is CCCCCCCCCC(=O)Nc1ccc(N(CC)CC)cc1. The van der Waals surface area contributed by atoms with Crippen molar-refractivity contribution in [1.82, 2.24) is 0 Å². The van der Waals surface area contributed by atoms with Gasteiger partial charge in [-0.05, 0) is 44.5 Å². The molecule has 3 nitrogen and oxygen atoms in total. The molecule has 1 aromatic rings. The quantitative estimate of drug-likeness (QED) is 0.508. The number of nitrogens with zero attached hydrogens (tertiary/aromatic N) is 1. The minimum atomic E-state index is 0.133. The Kier molecular flexibility index (Phi) is 10.2. The lowest BCUT2D eigenvalue weighted by Crippen LogP contribution is -2.21. The van der Waals surface area contributed by atoms with Gasteiger partial charge in [0.15, 0.2) is 0 Å². The number of carbonyl (C=O) groups excluding carboxylic acids is 1. The molecule has 0 unspecified atom stereocenters. The van der Waals surface area contributed by atoms with Crippen molar-refractivity contribution in [3.05, 3.63) is 24.3 Å². The summed E-state index contributed by atoms with van der Waals surface area (Å²) in [6, 6.07) is 8.15. The van der Waals surface area contributed by atoms with E-state index in [4.69, 9.17) is 0 Å². The van der Waals surface area contributed by atoms with E-state index in [9.17, 15) is 4.79 Å². The molecule has 23 heavy (non-hydrogen) atoms. The molecule has 0 aliphatic carbocycles. The maximum absolute atomic E-state index is 12.0. The van der Waals surface area contributed by atoms with Crippen LogP contribution in [0.1, 0.15) is 72.1 Å². The largest absolute Gasteiger partial charge is 0.372 e. The van der Waals surface area contributed by atoms with Gasteiger partial charge in [-0.25, -0.2) is 0 Å². The Bertz CT molecular complexity index is 424. The second-order valence-electron chi connectivity index (χ2n) is 6.14. The molecule has 0 aromatic heterocycles. The van der Waals surface area contributed by atoms with E-state index in [0.717, 1.165) is 31.6 Å². The molecule has 0 fully saturated rings. The first-order valence-electron chi connectivity index (χ1n) is 9.36. The van der Waals surface area contributed by atoms with E-state index in [1.807, 2.05) is 12.1 Å². The Balaban J connectivity index is 2.24. The Morgan fingerprint density at radius 1 is 0.870 bits per heavy atom. The van der Waals surface area contributed by atoms with Crippen LogP contribution in [-0.4, -0.2) is 19.0 Å². The van der Waals surface area contributed by atoms with Gasteiger partial charge in [-0.15, -0.1) is 0 Å². The van der Waals surface area contributed by atoms with Crippen LogP contribution < -0.4 is 10.2 Å². The summed E-state index contributed by atoms with van der Waals surface area (Å²) < 4.78 is 0. The van der Waals surface area contributed by atoms with Gasteiger partial charge in [0.1, 0.15) is 0 Å². The van der Waals surface area contributed by atoms with Crippen LogP contribution in [0.2, 0.25) is 0 Å². The van der Waals surface area contributed by atoms with Crippen LogP contribution in [0.5, 0.6) is 0 Å². The Hall–Kier alpha value is -1.51. The minimum Gasteiger partial charge on any atom is -0.372 e. The van der Waals surface area contributed by atoms with Crippen molar-refractivity contribution < 1.29 is 4.79 Å². The summed E-state index contributed by atoms with van der Waals surface area (Å²) in [5.74, 6) is 0.133. The number of hydrogen-bond acceptors (Lipinski definition) is 2. The lowest BCUT2D eigenvalue weighted by Gasteiger charge is -2.21. The highest BCUT2D eigenvalue weighted by atomic mass is 16.1. The fraction of sp³-hybridized carbons (Fsp3) is 0.650. The molecule has 130 valence electrons. The average molecular weight is 319 g/mol. The molecule has 1 amide bonds. The molecule has 1 aromatic carbocycles. The number of nitrogens with one attached hydrogen (secondary N) is 1. The summed E-state index contributed by atoms with van der Waals surface area (Å²) in [7, 11) is 0. The van der Waals surface area contributed by atoms with Crippen LogP contribution >= 0.6 is 0 Å². The smallest absolute Gasteiger partial charge is 0.224 e. The number of amides is 1. The summed E-state index contributed by atoms with van der Waals surface area (Å²) in [6.45, 7) is 8.54. The van der Waals surface area contributed by atoms with E-state index >= 15 is 0 Å². The van der Waals surface area contributed by atoms with Crippen molar-refractivity contribution >= 4 is 17.3 Å². The first-order chi connectivity index (χ1) is 11.2. The third-order valence-electron chi connectivity index (χ3n) is 4.29. The maximum Gasteiger partial charge on any atom is 0.224 e. The molecule has 0 radical (unpaired) electrons.